The van der Waals surface area contributed by atoms with Crippen LogP contribution >= 0.6 is 11.3 Å². The molecule has 120 valence electrons. The van der Waals surface area contributed by atoms with Crippen LogP contribution in [0.4, 0.5) is 5.69 Å². The molecule has 0 saturated carbocycles. The van der Waals surface area contributed by atoms with Gasteiger partial charge in [-0.1, -0.05) is 12.1 Å². The molecule has 1 atom stereocenters. The van der Waals surface area contributed by atoms with Crippen LogP contribution in [0.1, 0.15) is 43.1 Å². The monoisotopic (exact) mass is 320 g/mol. The lowest BCUT2D eigenvalue weighted by molar-refractivity contribution is 0.0761. The minimum absolute atomic E-state index is 0.0524. The van der Waals surface area contributed by atoms with E-state index >= 15 is 0 Å². The van der Waals surface area contributed by atoms with Gasteiger partial charge in [-0.15, -0.1) is 11.3 Å². The maximum absolute atomic E-state index is 9.28. The zero-order chi connectivity index (χ0) is 15.9. The molecule has 0 bridgehead atoms. The summed E-state index contributed by atoms with van der Waals surface area (Å²) in [4.78, 5) is 6.94. The molecule has 5 heteroatoms. The molecule has 0 aliphatic rings. The van der Waals surface area contributed by atoms with Crippen molar-refractivity contribution in [3.8, 4) is 0 Å². The van der Waals surface area contributed by atoms with E-state index in [0.29, 0.717) is 6.61 Å². The zero-order valence-corrected chi connectivity index (χ0v) is 14.3. The van der Waals surface area contributed by atoms with Crippen LogP contribution in [0.5, 0.6) is 0 Å². The first kappa shape index (κ1) is 16.9. The van der Waals surface area contributed by atoms with Crippen molar-refractivity contribution in [3.05, 3.63) is 45.9 Å². The Kier molecular flexibility index (Phi) is 6.36. The summed E-state index contributed by atoms with van der Waals surface area (Å²) in [6, 6.07) is 8.01. The third-order valence-electron chi connectivity index (χ3n) is 3.53. The molecule has 0 aliphatic heterocycles. The maximum atomic E-state index is 9.28. The Labute approximate surface area is 136 Å². The Morgan fingerprint density at radius 3 is 2.86 bits per heavy atom. The van der Waals surface area contributed by atoms with Crippen molar-refractivity contribution in [3.63, 3.8) is 0 Å². The second-order valence-corrected chi connectivity index (χ2v) is 6.01. The summed E-state index contributed by atoms with van der Waals surface area (Å²) in [5, 5.41) is 12.4. The summed E-state index contributed by atoms with van der Waals surface area (Å²) < 4.78 is 5.59. The Morgan fingerprint density at radius 1 is 1.36 bits per heavy atom. The Balaban J connectivity index is 2.09. The van der Waals surface area contributed by atoms with E-state index in [4.69, 9.17) is 4.74 Å². The van der Waals surface area contributed by atoms with Crippen LogP contribution in [-0.2, 0) is 17.9 Å². The number of aliphatic hydroxyl groups is 1. The van der Waals surface area contributed by atoms with E-state index in [1.54, 1.807) is 11.3 Å². The highest BCUT2D eigenvalue weighted by molar-refractivity contribution is 7.09. The molecule has 1 unspecified atom stereocenters. The number of hydrogen-bond donors (Lipinski definition) is 1. The van der Waals surface area contributed by atoms with Crippen LogP contribution in [0, 0.1) is 0 Å². The summed E-state index contributed by atoms with van der Waals surface area (Å²) in [6.45, 7) is 8.58. The molecule has 0 fully saturated rings. The van der Waals surface area contributed by atoms with Gasteiger partial charge in [0.2, 0.25) is 0 Å². The standard InChI is InChI=1S/C17H24N2O2S/c1-4-19(16-8-6-7-14(9-16)11-20)10-15-12-22-17(18-15)13(3)21-5-2/h6-9,12-13,20H,4-5,10-11H2,1-3H3. The first-order valence-electron chi connectivity index (χ1n) is 7.68. The highest BCUT2D eigenvalue weighted by Gasteiger charge is 2.13. The van der Waals surface area contributed by atoms with E-state index in [2.05, 4.69) is 28.3 Å². The van der Waals surface area contributed by atoms with Crippen molar-refractivity contribution in [1.29, 1.82) is 0 Å². The largest absolute Gasteiger partial charge is 0.392 e. The van der Waals surface area contributed by atoms with Crippen molar-refractivity contribution in [2.75, 3.05) is 18.1 Å². The summed E-state index contributed by atoms with van der Waals surface area (Å²) in [5.41, 5.74) is 3.10. The van der Waals surface area contributed by atoms with E-state index in [1.807, 2.05) is 32.0 Å². The molecule has 2 rings (SSSR count). The lowest BCUT2D eigenvalue weighted by Gasteiger charge is -2.22. The summed E-state index contributed by atoms with van der Waals surface area (Å²) >= 11 is 1.65. The molecule has 0 radical (unpaired) electrons. The van der Waals surface area contributed by atoms with Crippen molar-refractivity contribution in [2.24, 2.45) is 0 Å². The molecule has 1 heterocycles. The van der Waals surface area contributed by atoms with E-state index in [1.165, 1.54) is 0 Å². The van der Waals surface area contributed by atoms with Gasteiger partial charge in [0.15, 0.2) is 0 Å². The minimum Gasteiger partial charge on any atom is -0.392 e. The molecule has 1 aromatic carbocycles. The third-order valence-corrected chi connectivity index (χ3v) is 4.58. The number of hydrogen-bond acceptors (Lipinski definition) is 5. The fraction of sp³-hybridized carbons (Fsp3) is 0.471. The fourth-order valence-electron chi connectivity index (χ4n) is 2.34. The van der Waals surface area contributed by atoms with Gasteiger partial charge in [0.25, 0.3) is 0 Å². The van der Waals surface area contributed by atoms with Crippen LogP contribution in [0.15, 0.2) is 29.6 Å². The van der Waals surface area contributed by atoms with Gasteiger partial charge in [-0.2, -0.15) is 0 Å². The summed E-state index contributed by atoms with van der Waals surface area (Å²) in [7, 11) is 0. The Hall–Kier alpha value is -1.43. The summed E-state index contributed by atoms with van der Waals surface area (Å²) in [5.74, 6) is 0. The lowest BCUT2D eigenvalue weighted by Crippen LogP contribution is -2.22. The number of anilines is 1. The fourth-order valence-corrected chi connectivity index (χ4v) is 3.15. The molecule has 0 saturated heterocycles. The molecule has 0 amide bonds. The van der Waals surface area contributed by atoms with Gasteiger partial charge in [-0.05, 0) is 38.5 Å². The van der Waals surface area contributed by atoms with Crippen LogP contribution in [0.3, 0.4) is 0 Å². The van der Waals surface area contributed by atoms with Gasteiger partial charge in [-0.25, -0.2) is 4.98 Å². The summed E-state index contributed by atoms with van der Waals surface area (Å²) in [6.07, 6.45) is 0.0524. The molecule has 1 N–H and O–H groups in total. The number of aliphatic hydroxyl groups excluding tert-OH is 1. The number of rotatable bonds is 8. The van der Waals surface area contributed by atoms with Crippen molar-refractivity contribution < 1.29 is 9.84 Å². The second kappa shape index (κ2) is 8.27. The van der Waals surface area contributed by atoms with Gasteiger partial charge in [-0.3, -0.25) is 0 Å². The van der Waals surface area contributed by atoms with E-state index in [0.717, 1.165) is 35.0 Å². The van der Waals surface area contributed by atoms with Gasteiger partial charge < -0.3 is 14.7 Å². The van der Waals surface area contributed by atoms with Crippen molar-refractivity contribution in [2.45, 2.75) is 40.0 Å². The van der Waals surface area contributed by atoms with Crippen LogP contribution in [-0.4, -0.2) is 23.2 Å². The quantitative estimate of drug-likeness (QED) is 0.804. The molecule has 22 heavy (non-hydrogen) atoms. The van der Waals surface area contributed by atoms with Gasteiger partial charge in [0.05, 0.1) is 18.8 Å². The van der Waals surface area contributed by atoms with Crippen LogP contribution < -0.4 is 4.90 Å². The van der Waals surface area contributed by atoms with E-state index in [-0.39, 0.29) is 12.7 Å². The Bertz CT molecular complexity index is 586. The molecule has 1 aromatic heterocycles. The molecular formula is C17H24N2O2S. The van der Waals surface area contributed by atoms with E-state index in [9.17, 15) is 5.11 Å². The second-order valence-electron chi connectivity index (χ2n) is 5.12. The first-order valence-corrected chi connectivity index (χ1v) is 8.56. The number of ether oxygens (including phenoxy) is 1. The average molecular weight is 320 g/mol. The number of benzene rings is 1. The molecular weight excluding hydrogens is 296 g/mol. The molecule has 2 aromatic rings. The predicted octanol–water partition coefficient (Wildman–Crippen LogP) is 3.76. The Morgan fingerprint density at radius 2 is 2.18 bits per heavy atom. The normalized spacial score (nSPS) is 12.4. The highest BCUT2D eigenvalue weighted by atomic mass is 32.1. The van der Waals surface area contributed by atoms with Crippen molar-refractivity contribution >= 4 is 17.0 Å². The first-order chi connectivity index (χ1) is 10.7. The SMILES string of the molecule is CCOC(C)c1nc(CN(CC)c2cccc(CO)c2)cs1. The van der Waals surface area contributed by atoms with Gasteiger partial charge in [0, 0.05) is 24.2 Å². The third kappa shape index (κ3) is 4.29. The zero-order valence-electron chi connectivity index (χ0n) is 13.5. The lowest BCUT2D eigenvalue weighted by atomic mass is 10.2. The van der Waals surface area contributed by atoms with Crippen LogP contribution in [0.25, 0.3) is 0 Å². The smallest absolute Gasteiger partial charge is 0.122 e. The predicted molar refractivity (Wildman–Crippen MR) is 91.2 cm³/mol. The highest BCUT2D eigenvalue weighted by Crippen LogP contribution is 2.24. The molecule has 4 nitrogen and oxygen atoms in total. The average Bonchev–Trinajstić information content (AvgIpc) is 3.01. The number of thiazole rings is 1. The molecule has 0 spiro atoms. The maximum Gasteiger partial charge on any atom is 0.122 e. The number of nitrogens with zero attached hydrogens (tertiary/aromatic N) is 2. The minimum atomic E-state index is 0.0524. The van der Waals surface area contributed by atoms with Gasteiger partial charge >= 0.3 is 0 Å². The van der Waals surface area contributed by atoms with Crippen LogP contribution in [0.2, 0.25) is 0 Å². The number of aromatic nitrogens is 1. The van der Waals surface area contributed by atoms with Crippen molar-refractivity contribution in [1.82, 2.24) is 4.98 Å². The van der Waals surface area contributed by atoms with Gasteiger partial charge in [0.1, 0.15) is 11.1 Å². The topological polar surface area (TPSA) is 45.6 Å². The van der Waals surface area contributed by atoms with E-state index < -0.39 is 0 Å². The molecule has 0 aliphatic carbocycles.